The van der Waals surface area contributed by atoms with E-state index in [9.17, 15) is 39.9 Å². The zero-order valence-corrected chi connectivity index (χ0v) is 27.1. The summed E-state index contributed by atoms with van der Waals surface area (Å²) in [6.07, 6.45) is -9.34. The van der Waals surface area contributed by atoms with Crippen molar-refractivity contribution in [2.45, 2.75) is 48.0 Å². The van der Waals surface area contributed by atoms with Gasteiger partial charge in [-0.05, 0) is 67.3 Å². The number of piperidine rings is 1. The molecule has 16 heteroatoms. The Balaban J connectivity index is 1.57. The van der Waals surface area contributed by atoms with Crippen molar-refractivity contribution in [3.8, 4) is 0 Å². The molecule has 3 aromatic carbocycles. The lowest BCUT2D eigenvalue weighted by atomic mass is 9.84. The van der Waals surface area contributed by atoms with Crippen LogP contribution >= 0.6 is 23.2 Å². The molecule has 1 saturated heterocycles. The van der Waals surface area contributed by atoms with E-state index in [-0.39, 0.29) is 40.4 Å². The zero-order valence-electron chi connectivity index (χ0n) is 24.8. The maximum Gasteiger partial charge on any atom is 0.416 e. The molecule has 0 amide bonds. The van der Waals surface area contributed by atoms with Gasteiger partial charge < -0.3 is 14.8 Å². The predicted molar refractivity (Wildman–Crippen MR) is 164 cm³/mol. The van der Waals surface area contributed by atoms with Crippen molar-refractivity contribution in [3.63, 3.8) is 0 Å². The fraction of sp³-hybridized carbons (Fsp3) is 0.387. The third-order valence-corrected chi connectivity index (χ3v) is 9.88. The Morgan fingerprint density at radius 3 is 2.06 bits per heavy atom. The molecule has 0 aromatic heterocycles. The van der Waals surface area contributed by atoms with Gasteiger partial charge in [0.05, 0.1) is 37.4 Å². The number of oxime groups is 1. The van der Waals surface area contributed by atoms with Crippen LogP contribution in [0.25, 0.3) is 0 Å². The highest BCUT2D eigenvalue weighted by Gasteiger charge is 2.39. The van der Waals surface area contributed by atoms with Gasteiger partial charge in [0.1, 0.15) is 13.7 Å². The summed E-state index contributed by atoms with van der Waals surface area (Å²) in [5, 5.41) is 15.5. The van der Waals surface area contributed by atoms with Gasteiger partial charge in [-0.15, -0.1) is 0 Å². The van der Waals surface area contributed by atoms with Gasteiger partial charge in [0, 0.05) is 19.0 Å². The maximum atomic E-state index is 13.4. The van der Waals surface area contributed by atoms with Gasteiger partial charge in [0.25, 0.3) is 10.1 Å². The molecule has 1 fully saturated rings. The van der Waals surface area contributed by atoms with Crippen LogP contribution in [0.3, 0.4) is 0 Å². The average Bonchev–Trinajstić information content (AvgIpc) is 3.02. The molecule has 0 spiro atoms. The lowest BCUT2D eigenvalue weighted by Crippen LogP contribution is -2.43. The molecular weight excluding hydrogens is 697 g/mol. The van der Waals surface area contributed by atoms with Gasteiger partial charge >= 0.3 is 12.4 Å². The topological polar surface area (TPSA) is 88.4 Å². The minimum Gasteiger partial charge on any atom is -0.399 e. The van der Waals surface area contributed by atoms with E-state index in [1.807, 2.05) is 30.3 Å². The SMILES string of the molecule is CO/N=C(\COS(=O)(=O)c1cc(C(F)(F)F)cc(C(F)(F)F)c1)C(CCN1CCC(O)(c2ccccc2)CC1)c1ccc(Cl)c(Cl)c1. The van der Waals surface area contributed by atoms with Crippen molar-refractivity contribution in [1.82, 2.24) is 4.90 Å². The molecule has 4 rings (SSSR count). The first-order chi connectivity index (χ1) is 21.9. The second kappa shape index (κ2) is 14.7. The Bertz CT molecular complexity index is 1650. The smallest absolute Gasteiger partial charge is 0.399 e. The molecular formula is C31H30Cl2F6N2O5S. The molecule has 1 unspecified atom stereocenters. The molecule has 0 aliphatic carbocycles. The summed E-state index contributed by atoms with van der Waals surface area (Å²) in [6.45, 7) is 0.608. The number of hydrogen-bond acceptors (Lipinski definition) is 7. The molecule has 0 saturated carbocycles. The highest BCUT2D eigenvalue weighted by Crippen LogP contribution is 2.38. The number of alkyl halides is 6. The van der Waals surface area contributed by atoms with Gasteiger partial charge in [0.15, 0.2) is 0 Å². The molecule has 1 N–H and O–H groups in total. The van der Waals surface area contributed by atoms with E-state index in [0.29, 0.717) is 38.0 Å². The Hall–Kier alpha value is -2.88. The Kier molecular flexibility index (Phi) is 11.6. The van der Waals surface area contributed by atoms with Crippen LogP contribution in [0.1, 0.15) is 47.4 Å². The number of aliphatic hydroxyl groups is 1. The normalized spacial score (nSPS) is 17.0. The molecule has 1 atom stereocenters. The molecule has 1 aliphatic rings. The number of halogens is 8. The summed E-state index contributed by atoms with van der Waals surface area (Å²) < 4.78 is 111. The van der Waals surface area contributed by atoms with E-state index in [1.165, 1.54) is 19.2 Å². The Morgan fingerprint density at radius 1 is 0.936 bits per heavy atom. The van der Waals surface area contributed by atoms with Crippen molar-refractivity contribution < 1.29 is 48.9 Å². The van der Waals surface area contributed by atoms with Gasteiger partial charge in [-0.25, -0.2) is 0 Å². The summed E-state index contributed by atoms with van der Waals surface area (Å²) in [4.78, 5) is 5.69. The first-order valence-corrected chi connectivity index (χ1v) is 16.3. The second-order valence-electron chi connectivity index (χ2n) is 11.0. The minimum atomic E-state index is -5.27. The summed E-state index contributed by atoms with van der Waals surface area (Å²) >= 11 is 12.4. The lowest BCUT2D eigenvalue weighted by Gasteiger charge is -2.39. The summed E-state index contributed by atoms with van der Waals surface area (Å²) in [7, 11) is -3.99. The monoisotopic (exact) mass is 726 g/mol. The van der Waals surface area contributed by atoms with Crippen LogP contribution in [-0.2, 0) is 37.1 Å². The summed E-state index contributed by atoms with van der Waals surface area (Å²) in [6, 6.07) is 13.9. The van der Waals surface area contributed by atoms with Crippen molar-refractivity contribution in [2.75, 3.05) is 33.4 Å². The number of likely N-dealkylation sites (tertiary alicyclic amines) is 1. The first kappa shape index (κ1) is 36.9. The maximum absolute atomic E-state index is 13.4. The Morgan fingerprint density at radius 2 is 1.53 bits per heavy atom. The van der Waals surface area contributed by atoms with Gasteiger partial charge in [0.2, 0.25) is 0 Å². The van der Waals surface area contributed by atoms with E-state index in [2.05, 4.69) is 10.1 Å². The fourth-order valence-electron chi connectivity index (χ4n) is 5.33. The van der Waals surface area contributed by atoms with Gasteiger partial charge in [-0.3, -0.25) is 4.18 Å². The van der Waals surface area contributed by atoms with Crippen molar-refractivity contribution >= 4 is 39.0 Å². The van der Waals surface area contributed by atoms with Crippen LogP contribution < -0.4 is 0 Å². The zero-order chi connectivity index (χ0) is 34.6. The highest BCUT2D eigenvalue weighted by molar-refractivity contribution is 7.86. The van der Waals surface area contributed by atoms with Crippen LogP contribution in [0.15, 0.2) is 76.8 Å². The van der Waals surface area contributed by atoms with Crippen LogP contribution in [0, 0.1) is 0 Å². The molecule has 0 bridgehead atoms. The fourth-order valence-corrected chi connectivity index (χ4v) is 6.60. The van der Waals surface area contributed by atoms with Crippen LogP contribution in [0.4, 0.5) is 26.3 Å². The molecule has 1 heterocycles. The van der Waals surface area contributed by atoms with E-state index in [4.69, 9.17) is 32.2 Å². The summed E-state index contributed by atoms with van der Waals surface area (Å²) in [5.74, 6) is -0.734. The van der Waals surface area contributed by atoms with Crippen molar-refractivity contribution in [1.29, 1.82) is 0 Å². The van der Waals surface area contributed by atoms with E-state index in [0.717, 1.165) is 5.56 Å². The van der Waals surface area contributed by atoms with Crippen molar-refractivity contribution in [2.24, 2.45) is 5.16 Å². The number of benzene rings is 3. The van der Waals surface area contributed by atoms with Crippen molar-refractivity contribution in [3.05, 3.63) is 99.0 Å². The van der Waals surface area contributed by atoms with E-state index in [1.54, 1.807) is 6.07 Å². The van der Waals surface area contributed by atoms with Crippen LogP contribution in [0.5, 0.6) is 0 Å². The predicted octanol–water partition coefficient (Wildman–Crippen LogP) is 7.90. The molecule has 7 nitrogen and oxygen atoms in total. The average molecular weight is 728 g/mol. The van der Waals surface area contributed by atoms with Crippen LogP contribution in [-0.4, -0.2) is 57.5 Å². The van der Waals surface area contributed by atoms with Crippen LogP contribution in [0.2, 0.25) is 10.0 Å². The van der Waals surface area contributed by atoms with Gasteiger partial charge in [-0.1, -0.05) is 64.8 Å². The van der Waals surface area contributed by atoms with E-state index < -0.39 is 56.6 Å². The largest absolute Gasteiger partial charge is 0.416 e. The Labute approximate surface area is 277 Å². The number of nitrogens with zero attached hydrogens (tertiary/aromatic N) is 2. The molecule has 3 aromatic rings. The second-order valence-corrected chi connectivity index (χ2v) is 13.4. The molecule has 256 valence electrons. The highest BCUT2D eigenvalue weighted by atomic mass is 35.5. The molecule has 47 heavy (non-hydrogen) atoms. The lowest BCUT2D eigenvalue weighted by molar-refractivity contribution is -0.143. The minimum absolute atomic E-state index is 0.0321. The number of rotatable bonds is 11. The molecule has 0 radical (unpaired) electrons. The van der Waals surface area contributed by atoms with Gasteiger partial charge in [-0.2, -0.15) is 34.8 Å². The standard InChI is InChI=1S/C31H30Cl2F6N2O5S/c1-45-40-28(19-46-47(43,44)24-17-22(30(34,35)36)16-23(18-24)31(37,38)39)25(20-7-8-26(32)27(33)15-20)9-12-41-13-10-29(42,11-14-41)21-5-3-2-4-6-21/h2-8,15-18,25,42H,9-14,19H2,1H3/b40-28+. The molecule has 1 aliphatic heterocycles. The third kappa shape index (κ3) is 9.39. The first-order valence-electron chi connectivity index (χ1n) is 14.2. The quantitative estimate of drug-likeness (QED) is 0.0936. The van der Waals surface area contributed by atoms with E-state index >= 15 is 0 Å². The summed E-state index contributed by atoms with van der Waals surface area (Å²) in [5.41, 5.74) is -3.32. The third-order valence-electron chi connectivity index (χ3n) is 7.90. The number of hydrogen-bond donors (Lipinski definition) is 1.